The lowest BCUT2D eigenvalue weighted by Crippen LogP contribution is -2.53. The minimum absolute atomic E-state index is 0.0634. The summed E-state index contributed by atoms with van der Waals surface area (Å²) in [7, 11) is 1.71. The number of aryl methyl sites for hydroxylation is 1. The van der Waals surface area contributed by atoms with Gasteiger partial charge in [0, 0.05) is 37.4 Å². The predicted molar refractivity (Wildman–Crippen MR) is 138 cm³/mol. The number of nitrogens with zero attached hydrogens (tertiary/aromatic N) is 3. The number of imidazole rings is 1. The quantitative estimate of drug-likeness (QED) is 0.445. The number of para-hydroxylation sites is 1. The Labute approximate surface area is 206 Å². The molecule has 7 nitrogen and oxygen atoms in total. The van der Waals surface area contributed by atoms with E-state index in [0.717, 1.165) is 97.1 Å². The molecule has 2 aromatic heterocycles. The van der Waals surface area contributed by atoms with E-state index in [-0.39, 0.29) is 5.41 Å². The fourth-order valence-electron chi connectivity index (χ4n) is 7.70. The lowest BCUT2D eigenvalue weighted by atomic mass is 9.49. The largest absolute Gasteiger partial charge is 0.384 e. The number of nitrogens with one attached hydrogen (secondary N) is 1. The van der Waals surface area contributed by atoms with Crippen LogP contribution in [0.1, 0.15) is 57.2 Å². The molecule has 1 aromatic carbocycles. The Morgan fingerprint density at radius 3 is 2.54 bits per heavy atom. The fourth-order valence-corrected chi connectivity index (χ4v) is 7.70. The van der Waals surface area contributed by atoms with Gasteiger partial charge in [0.15, 0.2) is 5.82 Å². The number of amides is 1. The first-order valence-corrected chi connectivity index (χ1v) is 13.4. The lowest BCUT2D eigenvalue weighted by molar-refractivity contribution is -0.146. The topological polar surface area (TPSA) is 95.1 Å². The second-order valence-electron chi connectivity index (χ2n) is 11.3. The van der Waals surface area contributed by atoms with Crippen LogP contribution >= 0.6 is 0 Å². The number of nitrogens with two attached hydrogens (primary N) is 1. The van der Waals surface area contributed by atoms with Crippen molar-refractivity contribution in [3.63, 3.8) is 0 Å². The van der Waals surface area contributed by atoms with E-state index in [1.54, 1.807) is 7.11 Å². The van der Waals surface area contributed by atoms with Crippen molar-refractivity contribution in [1.29, 1.82) is 0 Å². The van der Waals surface area contributed by atoms with Gasteiger partial charge in [-0.1, -0.05) is 18.2 Å². The first kappa shape index (κ1) is 22.8. The third-order valence-electron chi connectivity index (χ3n) is 8.83. The Bertz CT molecular complexity index is 1210. The Kier molecular flexibility index (Phi) is 5.91. The number of fused-ring (bicyclic) bond motifs is 3. The van der Waals surface area contributed by atoms with Crippen LogP contribution in [-0.4, -0.2) is 40.7 Å². The van der Waals surface area contributed by atoms with Gasteiger partial charge in [0.2, 0.25) is 5.91 Å². The maximum absolute atomic E-state index is 13.3. The fraction of sp³-hybridized carbons (Fsp3) is 0.607. The van der Waals surface area contributed by atoms with Crippen LogP contribution in [0.15, 0.2) is 24.3 Å². The third-order valence-corrected chi connectivity index (χ3v) is 8.83. The number of carbonyl (C=O) groups excluding carboxylic acids is 1. The number of rotatable bonds is 9. The van der Waals surface area contributed by atoms with Gasteiger partial charge < -0.3 is 20.4 Å². The molecule has 0 aliphatic heterocycles. The first-order chi connectivity index (χ1) is 17.1. The molecule has 3 N–H and O–H groups in total. The second-order valence-corrected chi connectivity index (χ2v) is 11.3. The van der Waals surface area contributed by atoms with Gasteiger partial charge in [-0.05, 0) is 75.2 Å². The second kappa shape index (κ2) is 9.08. The van der Waals surface area contributed by atoms with Crippen LogP contribution < -0.4 is 11.1 Å². The molecule has 0 atom stereocenters. The van der Waals surface area contributed by atoms with Crippen molar-refractivity contribution in [2.45, 2.75) is 64.3 Å². The highest BCUT2D eigenvalue weighted by Crippen LogP contribution is 2.60. The SMILES string of the molecule is COCCc1nc2c(N)nc3ccccc3c2n1CCCCNC(=O)C12CC3CC(CC(C3)C1)C2. The van der Waals surface area contributed by atoms with Crippen molar-refractivity contribution in [2.24, 2.45) is 23.2 Å². The molecular formula is C28H37N5O2. The molecule has 1 amide bonds. The minimum atomic E-state index is -0.0634. The van der Waals surface area contributed by atoms with E-state index in [9.17, 15) is 4.79 Å². The van der Waals surface area contributed by atoms with E-state index >= 15 is 0 Å². The van der Waals surface area contributed by atoms with E-state index in [4.69, 9.17) is 15.5 Å². The maximum atomic E-state index is 13.3. The number of unbranched alkanes of at least 4 members (excludes halogenated alkanes) is 1. The van der Waals surface area contributed by atoms with Gasteiger partial charge in [-0.25, -0.2) is 9.97 Å². The van der Waals surface area contributed by atoms with Crippen LogP contribution in [0.25, 0.3) is 21.9 Å². The highest BCUT2D eigenvalue weighted by atomic mass is 16.5. The summed E-state index contributed by atoms with van der Waals surface area (Å²) >= 11 is 0. The Morgan fingerprint density at radius 2 is 1.83 bits per heavy atom. The minimum Gasteiger partial charge on any atom is -0.384 e. The average molecular weight is 476 g/mol. The number of benzene rings is 1. The zero-order chi connectivity index (χ0) is 24.0. The Balaban J connectivity index is 1.14. The standard InChI is InChI=1S/C28H37N5O2/c1-35-11-8-23-32-24-25(21-6-2-3-7-22(21)31-26(24)29)33(23)10-5-4-9-30-27(34)28-15-18-12-19(16-28)14-20(13-18)17-28/h2-3,6-7,18-20H,4-5,8-17H2,1H3,(H2,29,31)(H,30,34). The molecule has 35 heavy (non-hydrogen) atoms. The molecule has 4 aliphatic carbocycles. The Hall–Kier alpha value is -2.67. The lowest BCUT2D eigenvalue weighted by Gasteiger charge is -2.55. The van der Waals surface area contributed by atoms with Crippen LogP contribution in [0.5, 0.6) is 0 Å². The van der Waals surface area contributed by atoms with Gasteiger partial charge >= 0.3 is 0 Å². The highest BCUT2D eigenvalue weighted by molar-refractivity contribution is 6.06. The molecule has 0 radical (unpaired) electrons. The van der Waals surface area contributed by atoms with Crippen LogP contribution in [0.3, 0.4) is 0 Å². The van der Waals surface area contributed by atoms with Gasteiger partial charge in [-0.15, -0.1) is 0 Å². The van der Waals surface area contributed by atoms with E-state index in [0.29, 0.717) is 18.3 Å². The molecular weight excluding hydrogens is 438 g/mol. The number of pyridine rings is 1. The molecule has 0 unspecified atom stereocenters. The summed E-state index contributed by atoms with van der Waals surface area (Å²) in [5.74, 6) is 4.16. The normalized spacial score (nSPS) is 27.2. The van der Waals surface area contributed by atoms with Gasteiger partial charge in [0.1, 0.15) is 11.3 Å². The molecule has 2 heterocycles. The van der Waals surface area contributed by atoms with E-state index < -0.39 is 0 Å². The molecule has 4 aliphatic rings. The van der Waals surface area contributed by atoms with Crippen molar-refractivity contribution in [1.82, 2.24) is 19.9 Å². The number of nitrogen functional groups attached to an aromatic ring is 1. The molecule has 4 fully saturated rings. The summed E-state index contributed by atoms with van der Waals surface area (Å²) in [5, 5.41) is 4.40. The van der Waals surface area contributed by atoms with Crippen molar-refractivity contribution < 1.29 is 9.53 Å². The summed E-state index contributed by atoms with van der Waals surface area (Å²) in [6.07, 6.45) is 10.1. The smallest absolute Gasteiger partial charge is 0.226 e. The van der Waals surface area contributed by atoms with Crippen LogP contribution in [-0.2, 0) is 22.5 Å². The monoisotopic (exact) mass is 475 g/mol. The van der Waals surface area contributed by atoms with Crippen molar-refractivity contribution in [3.05, 3.63) is 30.1 Å². The van der Waals surface area contributed by atoms with Crippen molar-refractivity contribution >= 4 is 33.7 Å². The molecule has 3 aromatic rings. The number of anilines is 1. The van der Waals surface area contributed by atoms with Crippen LogP contribution in [0.4, 0.5) is 5.82 Å². The summed E-state index contributed by atoms with van der Waals surface area (Å²) in [4.78, 5) is 22.7. The van der Waals surface area contributed by atoms with Gasteiger partial charge in [0.25, 0.3) is 0 Å². The number of aromatic nitrogens is 3. The molecule has 7 rings (SSSR count). The van der Waals surface area contributed by atoms with Crippen molar-refractivity contribution in [3.8, 4) is 0 Å². The zero-order valence-electron chi connectivity index (χ0n) is 20.8. The molecule has 0 spiro atoms. The maximum Gasteiger partial charge on any atom is 0.226 e. The summed E-state index contributed by atoms with van der Waals surface area (Å²) in [6.45, 7) is 2.18. The number of methoxy groups -OCH3 is 1. The highest BCUT2D eigenvalue weighted by Gasteiger charge is 2.54. The number of carbonyl (C=O) groups is 1. The van der Waals surface area contributed by atoms with Crippen LogP contribution in [0.2, 0.25) is 0 Å². The number of hydrogen-bond donors (Lipinski definition) is 2. The number of hydrogen-bond acceptors (Lipinski definition) is 5. The van der Waals surface area contributed by atoms with E-state index in [2.05, 4.69) is 20.9 Å². The summed E-state index contributed by atoms with van der Waals surface area (Å²) < 4.78 is 7.62. The molecule has 4 saturated carbocycles. The van der Waals surface area contributed by atoms with Crippen LogP contribution in [0, 0.1) is 23.2 Å². The predicted octanol–water partition coefficient (Wildman–Crippen LogP) is 4.47. The zero-order valence-corrected chi connectivity index (χ0v) is 20.8. The first-order valence-electron chi connectivity index (χ1n) is 13.4. The van der Waals surface area contributed by atoms with Gasteiger partial charge in [0.05, 0.1) is 17.6 Å². The summed E-state index contributed by atoms with van der Waals surface area (Å²) in [5.41, 5.74) is 8.95. The third kappa shape index (κ3) is 4.07. The average Bonchev–Trinajstić information content (AvgIpc) is 3.21. The van der Waals surface area contributed by atoms with E-state index in [1.165, 1.54) is 19.3 Å². The Morgan fingerprint density at radius 1 is 1.11 bits per heavy atom. The molecule has 7 heteroatoms. The van der Waals surface area contributed by atoms with Gasteiger partial charge in [-0.3, -0.25) is 4.79 Å². The molecule has 4 bridgehead atoms. The molecule has 0 saturated heterocycles. The van der Waals surface area contributed by atoms with Crippen molar-refractivity contribution in [2.75, 3.05) is 26.0 Å². The number of ether oxygens (including phenoxy) is 1. The van der Waals surface area contributed by atoms with Gasteiger partial charge in [-0.2, -0.15) is 0 Å². The molecule has 186 valence electrons. The summed E-state index contributed by atoms with van der Waals surface area (Å²) in [6, 6.07) is 8.11. The van der Waals surface area contributed by atoms with E-state index in [1.807, 2.05) is 18.2 Å².